The molecule has 0 radical (unpaired) electrons. The zero-order chi connectivity index (χ0) is 18.4. The summed E-state index contributed by atoms with van der Waals surface area (Å²) in [4.78, 5) is 13.9. The highest BCUT2D eigenvalue weighted by atomic mass is 19.1. The minimum Gasteiger partial charge on any atom is -0.388 e. The molecule has 0 aliphatic carbocycles. The number of hydrogen-bond donors (Lipinski definition) is 1. The molecule has 27 heavy (non-hydrogen) atoms. The van der Waals surface area contributed by atoms with Crippen LogP contribution in [0.2, 0.25) is 0 Å². The summed E-state index contributed by atoms with van der Waals surface area (Å²) in [5.74, 6) is 0.611. The second-order valence-electron chi connectivity index (χ2n) is 7.26. The third-order valence-corrected chi connectivity index (χ3v) is 5.77. The molecule has 0 saturated carbocycles. The molecule has 5 nitrogen and oxygen atoms in total. The van der Waals surface area contributed by atoms with Gasteiger partial charge in [-0.3, -0.25) is 0 Å². The molecule has 138 valence electrons. The largest absolute Gasteiger partial charge is 0.388 e. The number of benzene rings is 2. The molecule has 5 rings (SSSR count). The molecular formula is C21H20FN3O2. The van der Waals surface area contributed by atoms with Crippen LogP contribution in [0.15, 0.2) is 47.6 Å². The molecule has 0 bridgehead atoms. The Bertz CT molecular complexity index is 1040. The van der Waals surface area contributed by atoms with E-state index < -0.39 is 0 Å². The van der Waals surface area contributed by atoms with E-state index in [2.05, 4.69) is 22.0 Å². The Hall–Kier alpha value is -2.73. The Labute approximate surface area is 156 Å². The number of ether oxygens (including phenoxy) is 1. The van der Waals surface area contributed by atoms with E-state index in [9.17, 15) is 4.39 Å². The summed E-state index contributed by atoms with van der Waals surface area (Å²) in [6.45, 7) is 3.52. The van der Waals surface area contributed by atoms with Crippen molar-refractivity contribution in [3.05, 3.63) is 54.1 Å². The van der Waals surface area contributed by atoms with Crippen molar-refractivity contribution in [2.45, 2.75) is 25.4 Å². The van der Waals surface area contributed by atoms with Crippen LogP contribution in [0.1, 0.15) is 25.6 Å². The molecule has 1 N–H and O–H groups in total. The summed E-state index contributed by atoms with van der Waals surface area (Å²) in [5, 5.41) is 4.36. The molecule has 6 heteroatoms. The number of halogens is 1. The molecule has 2 aliphatic heterocycles. The summed E-state index contributed by atoms with van der Waals surface area (Å²) in [7, 11) is 0. The Morgan fingerprint density at radius 1 is 1.15 bits per heavy atom. The first kappa shape index (κ1) is 16.4. The molecule has 3 aromatic rings. The fraction of sp³-hybridized carbons (Fsp3) is 0.333. The van der Waals surface area contributed by atoms with E-state index >= 15 is 0 Å². The summed E-state index contributed by atoms with van der Waals surface area (Å²) in [6, 6.07) is 12.5. The van der Waals surface area contributed by atoms with Crippen molar-refractivity contribution in [2.24, 2.45) is 11.1 Å². The number of hydrogen-bond acceptors (Lipinski definition) is 4. The van der Waals surface area contributed by atoms with Crippen LogP contribution in [0.4, 0.5) is 4.39 Å². The molecule has 1 atom stereocenters. The normalized spacial score (nSPS) is 21.4. The molecule has 1 saturated heterocycles. The Morgan fingerprint density at radius 3 is 2.78 bits per heavy atom. The van der Waals surface area contributed by atoms with Crippen molar-refractivity contribution in [3.8, 4) is 11.1 Å². The number of rotatable bonds is 2. The summed E-state index contributed by atoms with van der Waals surface area (Å²) < 4.78 is 19.6. The van der Waals surface area contributed by atoms with Crippen molar-refractivity contribution in [2.75, 3.05) is 13.2 Å². The molecular weight excluding hydrogens is 345 g/mol. The third kappa shape index (κ3) is 2.63. The van der Waals surface area contributed by atoms with Crippen LogP contribution in [0, 0.1) is 11.7 Å². The van der Waals surface area contributed by atoms with Gasteiger partial charge in [0.15, 0.2) is 5.82 Å². The highest BCUT2D eigenvalue weighted by Crippen LogP contribution is 2.39. The zero-order valence-electron chi connectivity index (χ0n) is 15.0. The Balaban J connectivity index is 1.50. The highest BCUT2D eigenvalue weighted by molar-refractivity contribution is 6.02. The first-order valence-electron chi connectivity index (χ1n) is 9.25. The average Bonchev–Trinajstić information content (AvgIpc) is 3.24. The van der Waals surface area contributed by atoms with E-state index in [0.29, 0.717) is 24.6 Å². The van der Waals surface area contributed by atoms with Crippen LogP contribution >= 0.6 is 0 Å². The number of oxime groups is 1. The second kappa shape index (κ2) is 6.16. The van der Waals surface area contributed by atoms with Gasteiger partial charge >= 0.3 is 0 Å². The zero-order valence-corrected chi connectivity index (χ0v) is 15.0. The van der Waals surface area contributed by atoms with Crippen LogP contribution in [0.5, 0.6) is 0 Å². The lowest BCUT2D eigenvalue weighted by atomic mass is 9.80. The van der Waals surface area contributed by atoms with Gasteiger partial charge in [0.2, 0.25) is 0 Å². The first-order chi connectivity index (χ1) is 13.2. The second-order valence-corrected chi connectivity index (χ2v) is 7.26. The predicted octanol–water partition coefficient (Wildman–Crippen LogP) is 4.29. The van der Waals surface area contributed by atoms with Crippen molar-refractivity contribution >= 4 is 16.7 Å². The molecule has 0 amide bonds. The van der Waals surface area contributed by atoms with Gasteiger partial charge in [0.1, 0.15) is 17.1 Å². The number of aromatic nitrogens is 2. The van der Waals surface area contributed by atoms with Crippen LogP contribution in [0.25, 0.3) is 22.2 Å². The maximum atomic E-state index is 14.1. The van der Waals surface area contributed by atoms with E-state index in [0.717, 1.165) is 35.2 Å². The maximum absolute atomic E-state index is 14.1. The van der Waals surface area contributed by atoms with Gasteiger partial charge < -0.3 is 14.6 Å². The summed E-state index contributed by atoms with van der Waals surface area (Å²) in [5.41, 5.74) is 3.62. The van der Waals surface area contributed by atoms with Gasteiger partial charge in [-0.25, -0.2) is 9.37 Å². The van der Waals surface area contributed by atoms with E-state index in [-0.39, 0.29) is 17.3 Å². The molecule has 2 aromatic carbocycles. The van der Waals surface area contributed by atoms with Gasteiger partial charge in [-0.15, -0.1) is 0 Å². The van der Waals surface area contributed by atoms with Gasteiger partial charge in [0, 0.05) is 24.3 Å². The minimum atomic E-state index is -0.287. The smallest absolute Gasteiger partial charge is 0.156 e. The van der Waals surface area contributed by atoms with E-state index in [4.69, 9.17) is 9.57 Å². The lowest BCUT2D eigenvalue weighted by Crippen LogP contribution is -2.43. The van der Waals surface area contributed by atoms with Gasteiger partial charge in [-0.05, 0) is 23.8 Å². The maximum Gasteiger partial charge on any atom is 0.156 e. The average molecular weight is 365 g/mol. The van der Waals surface area contributed by atoms with Crippen molar-refractivity contribution < 1.29 is 14.0 Å². The number of H-pyrrole nitrogens is 1. The fourth-order valence-corrected chi connectivity index (χ4v) is 4.03. The van der Waals surface area contributed by atoms with Crippen LogP contribution in [-0.4, -0.2) is 34.5 Å². The summed E-state index contributed by atoms with van der Waals surface area (Å²) >= 11 is 0. The molecule has 2 aliphatic rings. The Morgan fingerprint density at radius 2 is 1.96 bits per heavy atom. The quantitative estimate of drug-likeness (QED) is 0.737. The van der Waals surface area contributed by atoms with Crippen LogP contribution in [0.3, 0.4) is 0 Å². The topological polar surface area (TPSA) is 59.5 Å². The number of aromatic amines is 1. The number of nitrogens with one attached hydrogen (secondary N) is 1. The van der Waals surface area contributed by atoms with Gasteiger partial charge in [0.05, 0.1) is 24.2 Å². The van der Waals surface area contributed by atoms with Crippen LogP contribution in [-0.2, 0) is 9.57 Å². The van der Waals surface area contributed by atoms with Gasteiger partial charge in [0.25, 0.3) is 0 Å². The van der Waals surface area contributed by atoms with Crippen LogP contribution < -0.4 is 0 Å². The fourth-order valence-electron chi connectivity index (χ4n) is 4.03. The minimum absolute atomic E-state index is 0.132. The lowest BCUT2D eigenvalue weighted by molar-refractivity contribution is -0.109. The first-order valence-corrected chi connectivity index (χ1v) is 9.25. The molecule has 3 heterocycles. The lowest BCUT2D eigenvalue weighted by Gasteiger charge is -2.34. The SMILES string of the molecule is CC1C(c2nc3ccc(-c4ccccc4F)cc3[nH]2)=NOC12CCOCC2. The molecule has 1 spiro atoms. The predicted molar refractivity (Wildman–Crippen MR) is 101 cm³/mol. The van der Waals surface area contributed by atoms with Crippen molar-refractivity contribution in [3.63, 3.8) is 0 Å². The van der Waals surface area contributed by atoms with Crippen molar-refractivity contribution in [1.82, 2.24) is 9.97 Å². The molecule has 1 fully saturated rings. The Kier molecular flexibility index (Phi) is 3.75. The van der Waals surface area contributed by atoms with E-state index in [1.807, 2.05) is 24.3 Å². The van der Waals surface area contributed by atoms with Gasteiger partial charge in [-0.1, -0.05) is 36.3 Å². The standard InChI is InChI=1S/C21H20FN3O2/c1-13-19(25-27-21(13)8-10-26-11-9-21)20-23-17-7-6-14(12-18(17)24-20)15-4-2-3-5-16(15)22/h2-7,12-13H,8-11H2,1H3,(H,23,24). The molecule has 1 aromatic heterocycles. The van der Waals surface area contributed by atoms with Crippen molar-refractivity contribution in [1.29, 1.82) is 0 Å². The van der Waals surface area contributed by atoms with E-state index in [1.165, 1.54) is 6.07 Å². The number of fused-ring (bicyclic) bond motifs is 1. The number of nitrogens with zero attached hydrogens (tertiary/aromatic N) is 2. The summed E-state index contributed by atoms with van der Waals surface area (Å²) in [6.07, 6.45) is 1.66. The monoisotopic (exact) mass is 365 g/mol. The number of imidazole rings is 1. The van der Waals surface area contributed by atoms with Gasteiger partial charge in [-0.2, -0.15) is 0 Å². The van der Waals surface area contributed by atoms with E-state index in [1.54, 1.807) is 12.1 Å². The third-order valence-electron chi connectivity index (χ3n) is 5.77. The highest BCUT2D eigenvalue weighted by Gasteiger charge is 2.48. The molecule has 1 unspecified atom stereocenters.